The highest BCUT2D eigenvalue weighted by atomic mass is 16.5. The van der Waals surface area contributed by atoms with Crippen molar-refractivity contribution in [3.8, 4) is 56.0 Å². The Hall–Kier alpha value is -7.22. The molecule has 260 valence electrons. The predicted molar refractivity (Wildman–Crippen MR) is 233 cm³/mol. The molecule has 0 saturated carbocycles. The van der Waals surface area contributed by atoms with Gasteiger partial charge in [-0.3, -0.25) is 0 Å². The SMILES string of the molecule is c1ccc(-c2c3ccccc3c(-c3ccccc3)c3c4c(ccc23)C2(c3ccccc3Oc3ccccc32)c2cc(-c3ccc5ccccc5c3)ccc2-4)cc1. The van der Waals surface area contributed by atoms with Gasteiger partial charge in [0.1, 0.15) is 11.5 Å². The molecule has 1 aliphatic heterocycles. The number of benzene rings is 10. The molecule has 12 rings (SSSR count). The van der Waals surface area contributed by atoms with Crippen molar-refractivity contribution in [2.45, 2.75) is 5.41 Å². The van der Waals surface area contributed by atoms with Crippen LogP contribution in [0.25, 0.3) is 76.8 Å². The fourth-order valence-electron chi connectivity index (χ4n) is 10.0. The summed E-state index contributed by atoms with van der Waals surface area (Å²) in [5.41, 5.74) is 14.2. The van der Waals surface area contributed by atoms with Crippen molar-refractivity contribution in [2.75, 3.05) is 0 Å². The molecule has 0 atom stereocenters. The van der Waals surface area contributed by atoms with Gasteiger partial charge in [0.25, 0.3) is 0 Å². The predicted octanol–water partition coefficient (Wildman–Crippen LogP) is 14.6. The Morgan fingerprint density at radius 3 is 1.57 bits per heavy atom. The summed E-state index contributed by atoms with van der Waals surface area (Å²) >= 11 is 0. The lowest BCUT2D eigenvalue weighted by Crippen LogP contribution is -2.32. The van der Waals surface area contributed by atoms with Gasteiger partial charge in [0.05, 0.1) is 5.41 Å². The van der Waals surface area contributed by atoms with Crippen LogP contribution >= 0.6 is 0 Å². The van der Waals surface area contributed by atoms with Crippen molar-refractivity contribution in [1.29, 1.82) is 0 Å². The lowest BCUT2D eigenvalue weighted by Gasteiger charge is -2.39. The maximum Gasteiger partial charge on any atom is 0.132 e. The smallest absolute Gasteiger partial charge is 0.132 e. The van der Waals surface area contributed by atoms with Crippen molar-refractivity contribution < 1.29 is 4.74 Å². The van der Waals surface area contributed by atoms with E-state index in [9.17, 15) is 0 Å². The Kier molecular flexibility index (Phi) is 6.62. The van der Waals surface area contributed by atoms with Gasteiger partial charge in [0.15, 0.2) is 0 Å². The number of para-hydroxylation sites is 2. The van der Waals surface area contributed by atoms with Crippen LogP contribution in [0.2, 0.25) is 0 Å². The minimum atomic E-state index is -0.621. The molecule has 0 radical (unpaired) electrons. The third-order valence-electron chi connectivity index (χ3n) is 12.3. The van der Waals surface area contributed by atoms with E-state index in [1.807, 2.05) is 0 Å². The third-order valence-corrected chi connectivity index (χ3v) is 12.3. The molecule has 0 aromatic heterocycles. The molecule has 2 aliphatic rings. The van der Waals surface area contributed by atoms with Crippen LogP contribution in [0.4, 0.5) is 0 Å². The first-order valence-electron chi connectivity index (χ1n) is 19.4. The van der Waals surface area contributed by atoms with E-state index in [0.29, 0.717) is 0 Å². The molecule has 0 saturated heterocycles. The van der Waals surface area contributed by atoms with Crippen LogP contribution < -0.4 is 4.74 Å². The van der Waals surface area contributed by atoms with Crippen LogP contribution in [0.5, 0.6) is 11.5 Å². The first kappa shape index (κ1) is 31.2. The topological polar surface area (TPSA) is 9.23 Å². The van der Waals surface area contributed by atoms with Crippen LogP contribution in [0, 0.1) is 0 Å². The maximum atomic E-state index is 6.77. The molecular weight excluding hydrogens is 677 g/mol. The van der Waals surface area contributed by atoms with Gasteiger partial charge >= 0.3 is 0 Å². The summed E-state index contributed by atoms with van der Waals surface area (Å²) in [6.45, 7) is 0. The molecular formula is C55H34O. The first-order chi connectivity index (χ1) is 27.8. The summed E-state index contributed by atoms with van der Waals surface area (Å²) in [5, 5.41) is 7.53. The van der Waals surface area contributed by atoms with Gasteiger partial charge in [-0.2, -0.15) is 0 Å². The summed E-state index contributed by atoms with van der Waals surface area (Å²) < 4.78 is 6.77. The minimum absolute atomic E-state index is 0.621. The summed E-state index contributed by atoms with van der Waals surface area (Å²) in [4.78, 5) is 0. The molecule has 0 amide bonds. The summed E-state index contributed by atoms with van der Waals surface area (Å²) in [7, 11) is 0. The highest BCUT2D eigenvalue weighted by Gasteiger charge is 2.52. The summed E-state index contributed by atoms with van der Waals surface area (Å²) in [5.74, 6) is 1.79. The molecule has 56 heavy (non-hydrogen) atoms. The van der Waals surface area contributed by atoms with E-state index in [1.54, 1.807) is 0 Å². The van der Waals surface area contributed by atoms with Crippen LogP contribution in [0.15, 0.2) is 206 Å². The van der Waals surface area contributed by atoms with Crippen LogP contribution in [0.3, 0.4) is 0 Å². The van der Waals surface area contributed by atoms with E-state index >= 15 is 0 Å². The standard InChI is InChI=1S/C55H34O/c1-3-16-36(17-4-1)51-41-21-9-10-22-42(41)52(37-18-5-2-6-19-37)54-44(51)31-32-47-53(54)43-30-29-40(39-28-27-35-15-7-8-20-38(35)33-39)34-48(43)55(47)45-23-11-13-25-49(45)56-50-26-14-12-24-46(50)55/h1-34H. The van der Waals surface area contributed by atoms with Gasteiger partial charge in [-0.05, 0) is 112 Å². The molecule has 0 N–H and O–H groups in total. The van der Waals surface area contributed by atoms with Crippen molar-refractivity contribution in [3.63, 3.8) is 0 Å². The third kappa shape index (κ3) is 4.26. The number of hydrogen-bond donors (Lipinski definition) is 0. The minimum Gasteiger partial charge on any atom is -0.457 e. The quantitative estimate of drug-likeness (QED) is 0.166. The highest BCUT2D eigenvalue weighted by molar-refractivity contribution is 6.26. The van der Waals surface area contributed by atoms with Gasteiger partial charge in [-0.25, -0.2) is 0 Å². The Balaban J connectivity index is 1.29. The van der Waals surface area contributed by atoms with Crippen LogP contribution in [0.1, 0.15) is 22.3 Å². The lowest BCUT2D eigenvalue weighted by atomic mass is 9.65. The van der Waals surface area contributed by atoms with E-state index in [2.05, 4.69) is 206 Å². The zero-order valence-corrected chi connectivity index (χ0v) is 30.5. The average molecular weight is 711 g/mol. The molecule has 1 aliphatic carbocycles. The summed E-state index contributed by atoms with van der Waals surface area (Å²) in [6, 6.07) is 75.8. The van der Waals surface area contributed by atoms with Gasteiger partial charge in [0, 0.05) is 11.1 Å². The van der Waals surface area contributed by atoms with Crippen molar-refractivity contribution in [3.05, 3.63) is 229 Å². The number of hydrogen-bond acceptors (Lipinski definition) is 1. The van der Waals surface area contributed by atoms with E-state index in [1.165, 1.54) is 99.1 Å². The normalized spacial score (nSPS) is 13.3. The molecule has 10 aromatic rings. The highest BCUT2D eigenvalue weighted by Crippen LogP contribution is 2.64. The van der Waals surface area contributed by atoms with Gasteiger partial charge < -0.3 is 4.74 Å². The average Bonchev–Trinajstić information content (AvgIpc) is 3.56. The van der Waals surface area contributed by atoms with Crippen molar-refractivity contribution >= 4 is 32.3 Å². The number of rotatable bonds is 3. The van der Waals surface area contributed by atoms with Gasteiger partial charge in [-0.1, -0.05) is 182 Å². The lowest BCUT2D eigenvalue weighted by molar-refractivity contribution is 0.436. The monoisotopic (exact) mass is 710 g/mol. The van der Waals surface area contributed by atoms with Crippen LogP contribution in [-0.2, 0) is 5.41 Å². The Labute approximate surface area is 325 Å². The fourth-order valence-corrected chi connectivity index (χ4v) is 10.0. The fraction of sp³-hybridized carbons (Fsp3) is 0.0182. The molecule has 1 nitrogen and oxygen atoms in total. The van der Waals surface area contributed by atoms with Crippen molar-refractivity contribution in [1.82, 2.24) is 0 Å². The molecule has 0 unspecified atom stereocenters. The molecule has 10 aromatic carbocycles. The van der Waals surface area contributed by atoms with E-state index in [-0.39, 0.29) is 0 Å². The first-order valence-corrected chi connectivity index (χ1v) is 19.4. The number of fused-ring (bicyclic) bond motifs is 13. The second-order valence-corrected chi connectivity index (χ2v) is 15.1. The Morgan fingerprint density at radius 1 is 0.304 bits per heavy atom. The zero-order chi connectivity index (χ0) is 36.8. The van der Waals surface area contributed by atoms with Crippen LogP contribution in [-0.4, -0.2) is 0 Å². The molecule has 0 bridgehead atoms. The second kappa shape index (κ2) is 11.9. The molecule has 1 heterocycles. The van der Waals surface area contributed by atoms with E-state index in [0.717, 1.165) is 11.5 Å². The van der Waals surface area contributed by atoms with E-state index < -0.39 is 5.41 Å². The van der Waals surface area contributed by atoms with Crippen molar-refractivity contribution in [2.24, 2.45) is 0 Å². The molecule has 0 fully saturated rings. The van der Waals surface area contributed by atoms with Gasteiger partial charge in [0.2, 0.25) is 0 Å². The largest absolute Gasteiger partial charge is 0.457 e. The number of ether oxygens (including phenoxy) is 1. The second-order valence-electron chi connectivity index (χ2n) is 15.1. The Bertz CT molecular complexity index is 3170. The van der Waals surface area contributed by atoms with Gasteiger partial charge in [-0.15, -0.1) is 0 Å². The maximum absolute atomic E-state index is 6.77. The van der Waals surface area contributed by atoms with E-state index in [4.69, 9.17) is 4.74 Å². The molecule has 1 heteroatoms. The Morgan fingerprint density at radius 2 is 0.857 bits per heavy atom. The molecule has 1 spiro atoms. The zero-order valence-electron chi connectivity index (χ0n) is 30.5. The summed E-state index contributed by atoms with van der Waals surface area (Å²) in [6.07, 6.45) is 0.